The highest BCUT2D eigenvalue weighted by Gasteiger charge is 2.23. The van der Waals surface area contributed by atoms with Crippen LogP contribution in [0.4, 0.5) is 0 Å². The van der Waals surface area contributed by atoms with E-state index in [1.54, 1.807) is 24.3 Å². The van der Waals surface area contributed by atoms with Crippen molar-refractivity contribution in [3.05, 3.63) is 46.2 Å². The van der Waals surface area contributed by atoms with Gasteiger partial charge in [-0.25, -0.2) is 4.68 Å². The molecule has 3 N–H and O–H groups in total. The Morgan fingerprint density at radius 1 is 1.40 bits per heavy atom. The van der Waals surface area contributed by atoms with Crippen LogP contribution < -0.4 is 10.6 Å². The molecule has 25 heavy (non-hydrogen) atoms. The quantitative estimate of drug-likeness (QED) is 0.751. The third kappa shape index (κ3) is 4.18. The number of carbonyl (C=O) groups is 1. The Bertz CT molecular complexity index is 725. The van der Waals surface area contributed by atoms with Gasteiger partial charge in [-0.05, 0) is 50.6 Å². The Morgan fingerprint density at radius 2 is 2.08 bits per heavy atom. The Labute approximate surface area is 151 Å². The van der Waals surface area contributed by atoms with Crippen LogP contribution in [-0.4, -0.2) is 45.6 Å². The largest absolute Gasteiger partial charge is 0.387 e. The summed E-state index contributed by atoms with van der Waals surface area (Å²) in [7, 11) is 0. The summed E-state index contributed by atoms with van der Waals surface area (Å²) in [5.41, 5.74) is 1.76. The standard InChI is InChI=1S/C17H22ClN5O2/c1-11-16(21-22-23(11)14-6-8-19-9-7-14)17(25)20-10-15(24)12-2-4-13(18)5-3-12/h2-5,14-15,19,24H,6-10H2,1H3,(H,20,25)/t15-/m0/s1. The lowest BCUT2D eigenvalue weighted by atomic mass is 10.1. The van der Waals surface area contributed by atoms with Crippen LogP contribution in [0.5, 0.6) is 0 Å². The number of nitrogens with zero attached hydrogens (tertiary/aromatic N) is 3. The van der Waals surface area contributed by atoms with Crippen LogP contribution in [0.25, 0.3) is 0 Å². The van der Waals surface area contributed by atoms with Gasteiger partial charge in [0.05, 0.1) is 17.8 Å². The number of nitrogens with one attached hydrogen (secondary N) is 2. The molecule has 0 bridgehead atoms. The summed E-state index contributed by atoms with van der Waals surface area (Å²) < 4.78 is 1.84. The lowest BCUT2D eigenvalue weighted by Gasteiger charge is -2.23. The van der Waals surface area contributed by atoms with Crippen molar-refractivity contribution in [2.75, 3.05) is 19.6 Å². The zero-order valence-electron chi connectivity index (χ0n) is 14.1. The number of aromatic nitrogens is 3. The minimum atomic E-state index is -0.805. The van der Waals surface area contributed by atoms with E-state index in [1.807, 2.05) is 11.6 Å². The molecule has 2 aromatic rings. The molecule has 1 aliphatic rings. The average Bonchev–Trinajstić information content (AvgIpc) is 3.02. The minimum Gasteiger partial charge on any atom is -0.387 e. The maximum absolute atomic E-state index is 12.4. The smallest absolute Gasteiger partial charge is 0.273 e. The van der Waals surface area contributed by atoms with Gasteiger partial charge in [-0.2, -0.15) is 0 Å². The van der Waals surface area contributed by atoms with Crippen LogP contribution in [0.3, 0.4) is 0 Å². The van der Waals surface area contributed by atoms with Gasteiger partial charge < -0.3 is 15.7 Å². The Kier molecular flexibility index (Phi) is 5.67. The molecule has 1 aliphatic heterocycles. The number of benzene rings is 1. The summed E-state index contributed by atoms with van der Waals surface area (Å²) in [5, 5.41) is 25.0. The molecule has 0 unspecified atom stereocenters. The van der Waals surface area contributed by atoms with Gasteiger partial charge in [-0.3, -0.25) is 4.79 Å². The molecule has 3 rings (SSSR count). The van der Waals surface area contributed by atoms with Crippen molar-refractivity contribution in [2.45, 2.75) is 31.9 Å². The van der Waals surface area contributed by atoms with E-state index in [-0.39, 0.29) is 18.5 Å². The number of hydrogen-bond donors (Lipinski definition) is 3. The molecule has 0 saturated carbocycles. The normalized spacial score (nSPS) is 16.6. The Balaban J connectivity index is 1.61. The third-order valence-corrected chi connectivity index (χ3v) is 4.76. The predicted octanol–water partition coefficient (Wildman–Crippen LogP) is 1.63. The van der Waals surface area contributed by atoms with Crippen molar-refractivity contribution in [2.24, 2.45) is 0 Å². The van der Waals surface area contributed by atoms with Crippen molar-refractivity contribution < 1.29 is 9.90 Å². The fourth-order valence-corrected chi connectivity index (χ4v) is 3.15. The molecule has 1 amide bonds. The van der Waals surface area contributed by atoms with Crippen LogP contribution >= 0.6 is 11.6 Å². The highest BCUT2D eigenvalue weighted by Crippen LogP contribution is 2.20. The molecule has 1 atom stereocenters. The Hall–Kier alpha value is -1.96. The second-order valence-corrected chi connectivity index (χ2v) is 6.66. The number of aliphatic hydroxyl groups excluding tert-OH is 1. The highest BCUT2D eigenvalue weighted by atomic mass is 35.5. The molecule has 1 aromatic heterocycles. The number of amides is 1. The first kappa shape index (κ1) is 17.8. The lowest BCUT2D eigenvalue weighted by Crippen LogP contribution is -2.31. The second-order valence-electron chi connectivity index (χ2n) is 6.23. The van der Waals surface area contributed by atoms with E-state index >= 15 is 0 Å². The van der Waals surface area contributed by atoms with Crippen molar-refractivity contribution in [1.82, 2.24) is 25.6 Å². The van der Waals surface area contributed by atoms with E-state index in [4.69, 9.17) is 11.6 Å². The van der Waals surface area contributed by atoms with Crippen molar-refractivity contribution in [3.8, 4) is 0 Å². The maximum atomic E-state index is 12.4. The van der Waals surface area contributed by atoms with E-state index in [1.165, 1.54) is 0 Å². The van der Waals surface area contributed by atoms with Gasteiger partial charge in [-0.15, -0.1) is 5.10 Å². The van der Waals surface area contributed by atoms with Gasteiger partial charge in [0, 0.05) is 11.6 Å². The van der Waals surface area contributed by atoms with Crippen LogP contribution in [0.2, 0.25) is 5.02 Å². The zero-order valence-corrected chi connectivity index (χ0v) is 14.8. The number of hydrogen-bond acceptors (Lipinski definition) is 5. The number of halogens is 1. The molecule has 8 heteroatoms. The van der Waals surface area contributed by atoms with Gasteiger partial charge >= 0.3 is 0 Å². The average molecular weight is 364 g/mol. The second kappa shape index (κ2) is 7.95. The molecule has 1 aromatic carbocycles. The highest BCUT2D eigenvalue weighted by molar-refractivity contribution is 6.30. The molecular weight excluding hydrogens is 342 g/mol. The van der Waals surface area contributed by atoms with Crippen LogP contribution in [-0.2, 0) is 0 Å². The van der Waals surface area contributed by atoms with E-state index < -0.39 is 6.10 Å². The summed E-state index contributed by atoms with van der Waals surface area (Å²) in [6.07, 6.45) is 1.14. The monoisotopic (exact) mass is 363 g/mol. The summed E-state index contributed by atoms with van der Waals surface area (Å²) >= 11 is 5.83. The van der Waals surface area contributed by atoms with E-state index in [0.29, 0.717) is 16.3 Å². The van der Waals surface area contributed by atoms with Gasteiger partial charge in [0.1, 0.15) is 0 Å². The number of rotatable bonds is 5. The fraction of sp³-hybridized carbons (Fsp3) is 0.471. The number of carbonyl (C=O) groups excluding carboxylic acids is 1. The molecule has 134 valence electrons. The van der Waals surface area contributed by atoms with Crippen molar-refractivity contribution in [3.63, 3.8) is 0 Å². The molecule has 0 spiro atoms. The summed E-state index contributed by atoms with van der Waals surface area (Å²) in [6.45, 7) is 3.84. The van der Waals surface area contributed by atoms with E-state index in [2.05, 4.69) is 20.9 Å². The van der Waals surface area contributed by atoms with Gasteiger partial charge in [0.15, 0.2) is 5.69 Å². The summed E-state index contributed by atoms with van der Waals surface area (Å²) in [5.74, 6) is -0.328. The van der Waals surface area contributed by atoms with Crippen LogP contribution in [0.15, 0.2) is 24.3 Å². The van der Waals surface area contributed by atoms with Crippen LogP contribution in [0, 0.1) is 6.92 Å². The molecule has 0 aliphatic carbocycles. The number of piperidine rings is 1. The van der Waals surface area contributed by atoms with Gasteiger partial charge in [-0.1, -0.05) is 28.9 Å². The third-order valence-electron chi connectivity index (χ3n) is 4.51. The minimum absolute atomic E-state index is 0.0973. The van der Waals surface area contributed by atoms with Crippen LogP contribution in [0.1, 0.15) is 46.7 Å². The maximum Gasteiger partial charge on any atom is 0.273 e. The molecule has 1 fully saturated rings. The fourth-order valence-electron chi connectivity index (χ4n) is 3.02. The first-order valence-corrected chi connectivity index (χ1v) is 8.78. The molecule has 2 heterocycles. The Morgan fingerprint density at radius 3 is 2.76 bits per heavy atom. The van der Waals surface area contributed by atoms with Gasteiger partial charge in [0.25, 0.3) is 5.91 Å². The van der Waals surface area contributed by atoms with Crippen molar-refractivity contribution >= 4 is 17.5 Å². The zero-order chi connectivity index (χ0) is 17.8. The SMILES string of the molecule is Cc1c(C(=O)NC[C@H](O)c2ccc(Cl)cc2)nnn1C1CCNCC1. The molecule has 7 nitrogen and oxygen atoms in total. The van der Waals surface area contributed by atoms with E-state index in [9.17, 15) is 9.90 Å². The number of aliphatic hydroxyl groups is 1. The summed E-state index contributed by atoms with van der Waals surface area (Å²) in [4.78, 5) is 12.4. The topological polar surface area (TPSA) is 92.1 Å². The van der Waals surface area contributed by atoms with Gasteiger partial charge in [0.2, 0.25) is 0 Å². The first-order chi connectivity index (χ1) is 12.1. The van der Waals surface area contributed by atoms with E-state index in [0.717, 1.165) is 31.6 Å². The molecule has 1 saturated heterocycles. The van der Waals surface area contributed by atoms with Crippen molar-refractivity contribution in [1.29, 1.82) is 0 Å². The summed E-state index contributed by atoms with van der Waals surface area (Å²) in [6, 6.07) is 7.15. The lowest BCUT2D eigenvalue weighted by molar-refractivity contribution is 0.0910. The predicted molar refractivity (Wildman–Crippen MR) is 94.6 cm³/mol. The molecular formula is C17H22ClN5O2. The molecule has 0 radical (unpaired) electrons. The first-order valence-electron chi connectivity index (χ1n) is 8.40.